The number of ether oxygens (including phenoxy) is 1. The fourth-order valence-corrected chi connectivity index (χ4v) is 3.87. The first-order valence-corrected chi connectivity index (χ1v) is 9.80. The van der Waals surface area contributed by atoms with Gasteiger partial charge in [0.25, 0.3) is 0 Å². The number of unbranched alkanes of at least 4 members (excludes halogenated alkanes) is 1. The number of carbonyl (C=O) groups is 2. The number of hydrogen-bond acceptors (Lipinski definition) is 3. The lowest BCUT2D eigenvalue weighted by Crippen LogP contribution is -2.49. The second-order valence-corrected chi connectivity index (χ2v) is 6.78. The van der Waals surface area contributed by atoms with E-state index in [1.807, 2.05) is 47.9 Å². The fourth-order valence-electron chi connectivity index (χ4n) is 3.87. The minimum Gasteiger partial charge on any atom is -0.496 e. The van der Waals surface area contributed by atoms with Gasteiger partial charge in [-0.25, -0.2) is 0 Å². The predicted octanol–water partition coefficient (Wildman–Crippen LogP) is 3.64. The van der Waals surface area contributed by atoms with Crippen LogP contribution in [0.15, 0.2) is 24.3 Å². The molecule has 2 rings (SSSR count). The summed E-state index contributed by atoms with van der Waals surface area (Å²) in [5.74, 6) is 0.796. The lowest BCUT2D eigenvalue weighted by molar-refractivity contribution is -0.148. The van der Waals surface area contributed by atoms with Crippen molar-refractivity contribution in [3.63, 3.8) is 0 Å². The minimum absolute atomic E-state index is 0.137. The zero-order chi connectivity index (χ0) is 19.1. The number of likely N-dealkylation sites (tertiary alicyclic amines) is 1. The number of nitrogens with zero attached hydrogens (tertiary/aromatic N) is 2. The van der Waals surface area contributed by atoms with Gasteiger partial charge in [-0.2, -0.15) is 0 Å². The van der Waals surface area contributed by atoms with Crippen molar-refractivity contribution in [2.45, 2.75) is 52.5 Å². The van der Waals surface area contributed by atoms with E-state index < -0.39 is 0 Å². The smallest absolute Gasteiger partial charge is 0.228 e. The maximum Gasteiger partial charge on any atom is 0.228 e. The first-order chi connectivity index (χ1) is 12.6. The van der Waals surface area contributed by atoms with Crippen LogP contribution in [0.25, 0.3) is 0 Å². The van der Waals surface area contributed by atoms with E-state index in [4.69, 9.17) is 4.74 Å². The van der Waals surface area contributed by atoms with Crippen molar-refractivity contribution in [2.24, 2.45) is 5.92 Å². The fraction of sp³-hybridized carbons (Fsp3) is 0.619. The summed E-state index contributed by atoms with van der Waals surface area (Å²) in [4.78, 5) is 29.7. The van der Waals surface area contributed by atoms with Gasteiger partial charge in [0.15, 0.2) is 0 Å². The SMILES string of the molecule is CCCCN1C(=O)CCC(C(=O)N(CC)CC)C1c1ccccc1OC. The minimum atomic E-state index is -0.257. The van der Waals surface area contributed by atoms with Gasteiger partial charge >= 0.3 is 0 Å². The zero-order valence-corrected chi connectivity index (χ0v) is 16.5. The molecule has 1 aromatic rings. The van der Waals surface area contributed by atoms with Crippen LogP contribution in [-0.4, -0.2) is 48.4 Å². The van der Waals surface area contributed by atoms with Crippen molar-refractivity contribution >= 4 is 11.8 Å². The quantitative estimate of drug-likeness (QED) is 0.711. The van der Waals surface area contributed by atoms with Gasteiger partial charge < -0.3 is 14.5 Å². The molecule has 0 aromatic heterocycles. The van der Waals surface area contributed by atoms with E-state index in [1.54, 1.807) is 7.11 Å². The summed E-state index contributed by atoms with van der Waals surface area (Å²) in [5.41, 5.74) is 0.935. The van der Waals surface area contributed by atoms with Crippen molar-refractivity contribution in [1.82, 2.24) is 9.80 Å². The monoisotopic (exact) mass is 360 g/mol. The van der Waals surface area contributed by atoms with Crippen molar-refractivity contribution < 1.29 is 14.3 Å². The van der Waals surface area contributed by atoms with Crippen molar-refractivity contribution in [1.29, 1.82) is 0 Å². The lowest BCUT2D eigenvalue weighted by Gasteiger charge is -2.42. The van der Waals surface area contributed by atoms with Crippen LogP contribution in [0.2, 0.25) is 0 Å². The van der Waals surface area contributed by atoms with E-state index in [-0.39, 0.29) is 23.8 Å². The molecule has 1 aromatic carbocycles. The van der Waals surface area contributed by atoms with E-state index in [2.05, 4.69) is 6.92 Å². The molecule has 1 fully saturated rings. The largest absolute Gasteiger partial charge is 0.496 e. The van der Waals surface area contributed by atoms with Crippen LogP contribution < -0.4 is 4.74 Å². The van der Waals surface area contributed by atoms with Gasteiger partial charge in [-0.3, -0.25) is 9.59 Å². The summed E-state index contributed by atoms with van der Waals surface area (Å²) >= 11 is 0. The van der Waals surface area contributed by atoms with Crippen molar-refractivity contribution in [2.75, 3.05) is 26.7 Å². The first-order valence-electron chi connectivity index (χ1n) is 9.80. The van der Waals surface area contributed by atoms with Gasteiger partial charge in [0.1, 0.15) is 5.75 Å². The molecule has 2 unspecified atom stereocenters. The zero-order valence-electron chi connectivity index (χ0n) is 16.5. The van der Waals surface area contributed by atoms with Gasteiger partial charge in [-0.15, -0.1) is 0 Å². The van der Waals surface area contributed by atoms with Gasteiger partial charge in [-0.05, 0) is 32.8 Å². The highest BCUT2D eigenvalue weighted by Gasteiger charge is 2.42. The lowest BCUT2D eigenvalue weighted by atomic mass is 9.82. The molecule has 2 atom stereocenters. The molecule has 0 N–H and O–H groups in total. The molecular formula is C21H32N2O3. The topological polar surface area (TPSA) is 49.9 Å². The van der Waals surface area contributed by atoms with Crippen LogP contribution in [-0.2, 0) is 9.59 Å². The number of benzene rings is 1. The second kappa shape index (κ2) is 9.60. The highest BCUT2D eigenvalue weighted by molar-refractivity contribution is 5.85. The number of piperidine rings is 1. The second-order valence-electron chi connectivity index (χ2n) is 6.78. The molecule has 1 aliphatic heterocycles. The third-order valence-electron chi connectivity index (χ3n) is 5.31. The molecule has 1 aliphatic rings. The van der Waals surface area contributed by atoms with Crippen LogP contribution in [0.3, 0.4) is 0 Å². The third kappa shape index (κ3) is 4.19. The number of amides is 2. The summed E-state index contributed by atoms with van der Waals surface area (Å²) in [6.07, 6.45) is 2.98. The van der Waals surface area contributed by atoms with E-state index >= 15 is 0 Å². The van der Waals surface area contributed by atoms with E-state index in [0.29, 0.717) is 32.5 Å². The summed E-state index contributed by atoms with van der Waals surface area (Å²) < 4.78 is 5.56. The molecule has 5 nitrogen and oxygen atoms in total. The Morgan fingerprint density at radius 3 is 2.54 bits per heavy atom. The van der Waals surface area contributed by atoms with E-state index in [1.165, 1.54) is 0 Å². The summed E-state index contributed by atoms with van der Waals surface area (Å²) in [6.45, 7) is 8.18. The molecule has 1 saturated heterocycles. The maximum absolute atomic E-state index is 13.2. The highest BCUT2D eigenvalue weighted by Crippen LogP contribution is 2.41. The standard InChI is InChI=1S/C21H32N2O3/c1-5-8-15-23-19(24)14-13-17(21(25)22(6-2)7-3)20(23)16-11-9-10-12-18(16)26-4/h9-12,17,20H,5-8,13-15H2,1-4H3. The Kier molecular flexibility index (Phi) is 7.49. The number of para-hydroxylation sites is 1. The van der Waals surface area contributed by atoms with Crippen LogP contribution in [0, 0.1) is 5.92 Å². The Hall–Kier alpha value is -2.04. The Morgan fingerprint density at radius 1 is 1.23 bits per heavy atom. The third-order valence-corrected chi connectivity index (χ3v) is 5.31. The molecule has 5 heteroatoms. The van der Waals surface area contributed by atoms with Gasteiger partial charge in [0.05, 0.1) is 19.1 Å². The molecule has 144 valence electrons. The molecule has 2 amide bonds. The number of rotatable bonds is 8. The molecule has 1 heterocycles. The predicted molar refractivity (Wildman–Crippen MR) is 103 cm³/mol. The summed E-state index contributed by atoms with van der Waals surface area (Å²) in [5, 5.41) is 0. The molecule has 26 heavy (non-hydrogen) atoms. The Balaban J connectivity index is 2.48. The van der Waals surface area contributed by atoms with E-state index in [0.717, 1.165) is 24.2 Å². The Morgan fingerprint density at radius 2 is 1.92 bits per heavy atom. The summed E-state index contributed by atoms with van der Waals surface area (Å²) in [6, 6.07) is 7.51. The van der Waals surface area contributed by atoms with Crippen molar-refractivity contribution in [3.8, 4) is 5.75 Å². The van der Waals surface area contributed by atoms with Gasteiger partial charge in [-0.1, -0.05) is 31.5 Å². The Bertz CT molecular complexity index is 613. The van der Waals surface area contributed by atoms with Crippen LogP contribution in [0.5, 0.6) is 5.75 Å². The number of carbonyl (C=O) groups excluding carboxylic acids is 2. The average Bonchev–Trinajstić information content (AvgIpc) is 2.67. The first kappa shape index (κ1) is 20.3. The molecule has 0 aliphatic carbocycles. The Labute approximate surface area is 157 Å². The molecule has 0 saturated carbocycles. The number of hydrogen-bond donors (Lipinski definition) is 0. The normalized spacial score (nSPS) is 20.2. The van der Waals surface area contributed by atoms with Crippen LogP contribution in [0.1, 0.15) is 58.1 Å². The van der Waals surface area contributed by atoms with Crippen LogP contribution >= 0.6 is 0 Å². The molecular weight excluding hydrogens is 328 g/mol. The molecule has 0 radical (unpaired) electrons. The maximum atomic E-state index is 13.2. The van der Waals surface area contributed by atoms with Crippen molar-refractivity contribution in [3.05, 3.63) is 29.8 Å². The molecule has 0 spiro atoms. The average molecular weight is 360 g/mol. The van der Waals surface area contributed by atoms with E-state index in [9.17, 15) is 9.59 Å². The van der Waals surface area contributed by atoms with Gasteiger partial charge in [0, 0.05) is 31.6 Å². The van der Waals surface area contributed by atoms with Crippen LogP contribution in [0.4, 0.5) is 0 Å². The summed E-state index contributed by atoms with van der Waals surface area (Å²) in [7, 11) is 1.64. The number of methoxy groups -OCH3 is 1. The van der Waals surface area contributed by atoms with Gasteiger partial charge in [0.2, 0.25) is 11.8 Å². The molecule has 0 bridgehead atoms. The highest BCUT2D eigenvalue weighted by atomic mass is 16.5.